The second-order valence-electron chi connectivity index (χ2n) is 12.5. The number of anilines is 1. The van der Waals surface area contributed by atoms with Gasteiger partial charge in [0.2, 0.25) is 0 Å². The Hall–Kier alpha value is -1.54. The molecule has 0 aromatic carbocycles. The maximum Gasteiger partial charge on any atom is 0.353 e. The van der Waals surface area contributed by atoms with Gasteiger partial charge in [0.25, 0.3) is 0 Å². The first-order valence-corrected chi connectivity index (χ1v) is 18.7. The fourth-order valence-corrected chi connectivity index (χ4v) is 7.07. The summed E-state index contributed by atoms with van der Waals surface area (Å²) < 4.78 is 25.0. The lowest BCUT2D eigenvalue weighted by Gasteiger charge is -2.21. The van der Waals surface area contributed by atoms with E-state index >= 15 is 0 Å². The van der Waals surface area contributed by atoms with Crippen LogP contribution in [-0.2, 0) is 20.4 Å². The summed E-state index contributed by atoms with van der Waals surface area (Å²) in [7, 11) is -3.78. The van der Waals surface area contributed by atoms with Gasteiger partial charge in [-0.3, -0.25) is 4.57 Å². The summed E-state index contributed by atoms with van der Waals surface area (Å²) in [6.45, 7) is 2.54. The van der Waals surface area contributed by atoms with Gasteiger partial charge < -0.3 is 24.5 Å². The number of ether oxygens (including phenoxy) is 1. The van der Waals surface area contributed by atoms with Crippen molar-refractivity contribution in [3.63, 3.8) is 0 Å². The molecule has 0 amide bonds. The maximum absolute atomic E-state index is 12.3. The summed E-state index contributed by atoms with van der Waals surface area (Å²) in [4.78, 5) is 22.5. The van der Waals surface area contributed by atoms with Gasteiger partial charge in [0.1, 0.15) is 18.2 Å². The topological polar surface area (TPSA) is 125 Å². The highest BCUT2D eigenvalue weighted by molar-refractivity contribution is 7.52. The lowest BCUT2D eigenvalue weighted by molar-refractivity contribution is 0.0715. The molecule has 42 heavy (non-hydrogen) atoms. The Kier molecular flexibility index (Phi) is 17.0. The van der Waals surface area contributed by atoms with E-state index in [1.165, 1.54) is 122 Å². The molecule has 1 unspecified atom stereocenters. The van der Waals surface area contributed by atoms with Crippen molar-refractivity contribution in [3.8, 4) is 0 Å². The van der Waals surface area contributed by atoms with Crippen molar-refractivity contribution in [3.05, 3.63) is 12.7 Å². The van der Waals surface area contributed by atoms with Crippen LogP contribution in [0.4, 0.5) is 5.82 Å². The number of nitrogen functional groups attached to an aromatic ring is 1. The van der Waals surface area contributed by atoms with Crippen molar-refractivity contribution in [2.24, 2.45) is 5.92 Å². The van der Waals surface area contributed by atoms with Gasteiger partial charge in [-0.15, -0.1) is 0 Å². The predicted octanol–water partition coefficient (Wildman–Crippen LogP) is 8.80. The van der Waals surface area contributed by atoms with Crippen molar-refractivity contribution in [2.75, 3.05) is 18.7 Å². The summed E-state index contributed by atoms with van der Waals surface area (Å²) in [5.74, 6) is 1.38. The molecule has 2 aromatic heterocycles. The number of nitrogens with two attached hydrogens (primary N) is 1. The molecular weight excluding hydrogens is 549 g/mol. The zero-order chi connectivity index (χ0) is 29.9. The first-order valence-electron chi connectivity index (χ1n) is 16.9. The summed E-state index contributed by atoms with van der Waals surface area (Å²) >= 11 is 0. The lowest BCUT2D eigenvalue weighted by Crippen LogP contribution is -2.17. The van der Waals surface area contributed by atoms with Crippen LogP contribution in [0.1, 0.15) is 142 Å². The van der Waals surface area contributed by atoms with Gasteiger partial charge in [0, 0.05) is 0 Å². The van der Waals surface area contributed by atoms with Crippen molar-refractivity contribution in [1.82, 2.24) is 19.5 Å². The van der Waals surface area contributed by atoms with Gasteiger partial charge in [-0.2, -0.15) is 0 Å². The van der Waals surface area contributed by atoms with Crippen molar-refractivity contribution in [1.29, 1.82) is 0 Å². The Morgan fingerprint density at radius 1 is 0.881 bits per heavy atom. The number of hydrogen-bond donors (Lipinski definition) is 2. The standard InChI is InChI=1S/C32H58N5O4P/c1-28(24-37-26-36-30-31(33)34-25-35-32(30)37)40-27-42(38,39)41-23-19-14-12-10-8-6-4-2-3-5-7-9-11-13-16-20-29-21-17-15-18-22-29/h25-26,28-29H,2-24,27H2,1H3,(H,38,39)(H2,33,34,35)/t28-/m1/s1. The number of imidazole rings is 1. The summed E-state index contributed by atoms with van der Waals surface area (Å²) in [6.07, 6.45) is 30.9. The molecule has 240 valence electrons. The van der Waals surface area contributed by atoms with Crippen LogP contribution in [0.25, 0.3) is 11.2 Å². The Labute approximate surface area is 254 Å². The Bertz CT molecular complexity index is 1030. The van der Waals surface area contributed by atoms with Crippen LogP contribution in [0.3, 0.4) is 0 Å². The van der Waals surface area contributed by atoms with Gasteiger partial charge >= 0.3 is 7.60 Å². The van der Waals surface area contributed by atoms with E-state index in [0.717, 1.165) is 25.2 Å². The number of rotatable bonds is 24. The van der Waals surface area contributed by atoms with Gasteiger partial charge in [-0.25, -0.2) is 15.0 Å². The van der Waals surface area contributed by atoms with Crippen molar-refractivity contribution in [2.45, 2.75) is 154 Å². The van der Waals surface area contributed by atoms with Gasteiger partial charge in [-0.1, -0.05) is 128 Å². The molecule has 1 aliphatic rings. The van der Waals surface area contributed by atoms with Crippen molar-refractivity contribution < 1.29 is 18.7 Å². The van der Waals surface area contributed by atoms with Gasteiger partial charge in [0.05, 0.1) is 25.6 Å². The van der Waals surface area contributed by atoms with Gasteiger partial charge in [-0.05, 0) is 19.3 Å². The molecule has 1 fully saturated rings. The number of fused-ring (bicyclic) bond motifs is 1. The summed E-state index contributed by atoms with van der Waals surface area (Å²) in [5, 5.41) is 0. The van der Waals surface area contributed by atoms with Crippen LogP contribution in [0.15, 0.2) is 12.7 Å². The third-order valence-corrected chi connectivity index (χ3v) is 9.74. The van der Waals surface area contributed by atoms with E-state index in [1.54, 1.807) is 10.9 Å². The van der Waals surface area contributed by atoms with Crippen LogP contribution in [0.2, 0.25) is 0 Å². The number of unbranched alkanes of at least 4 members (excludes halogenated alkanes) is 14. The summed E-state index contributed by atoms with van der Waals surface area (Å²) in [5.41, 5.74) is 6.96. The van der Waals surface area contributed by atoms with E-state index in [4.69, 9.17) is 15.0 Å². The first-order chi connectivity index (χ1) is 20.4. The molecule has 3 N–H and O–H groups in total. The quantitative estimate of drug-likeness (QED) is 0.0896. The number of hydrogen-bond acceptors (Lipinski definition) is 7. The monoisotopic (exact) mass is 607 g/mol. The second kappa shape index (κ2) is 20.4. The normalized spacial score (nSPS) is 16.6. The molecule has 3 rings (SSSR count). The minimum Gasteiger partial charge on any atom is -0.382 e. The molecule has 0 saturated heterocycles. The molecule has 2 aromatic rings. The maximum atomic E-state index is 12.3. The predicted molar refractivity (Wildman–Crippen MR) is 171 cm³/mol. The number of nitrogens with zero attached hydrogens (tertiary/aromatic N) is 4. The van der Waals surface area contributed by atoms with Crippen LogP contribution >= 0.6 is 7.60 Å². The highest BCUT2D eigenvalue weighted by Gasteiger charge is 2.21. The van der Waals surface area contributed by atoms with Crippen LogP contribution in [0.5, 0.6) is 0 Å². The molecule has 1 saturated carbocycles. The molecule has 2 heterocycles. The average Bonchev–Trinajstić information content (AvgIpc) is 3.40. The van der Waals surface area contributed by atoms with E-state index in [9.17, 15) is 9.46 Å². The molecule has 9 nitrogen and oxygen atoms in total. The largest absolute Gasteiger partial charge is 0.382 e. The lowest BCUT2D eigenvalue weighted by atomic mass is 9.85. The number of aromatic nitrogens is 4. The molecule has 1 aliphatic carbocycles. The minimum absolute atomic E-state index is 0.286. The zero-order valence-corrected chi connectivity index (χ0v) is 27.2. The molecule has 10 heteroatoms. The summed E-state index contributed by atoms with van der Waals surface area (Å²) in [6, 6.07) is 0. The minimum atomic E-state index is -3.78. The highest BCUT2D eigenvalue weighted by atomic mass is 31.2. The van der Waals surface area contributed by atoms with E-state index in [-0.39, 0.29) is 19.1 Å². The average molecular weight is 608 g/mol. The Morgan fingerprint density at radius 3 is 2.07 bits per heavy atom. The molecule has 0 aliphatic heterocycles. The third-order valence-electron chi connectivity index (χ3n) is 8.68. The SMILES string of the molecule is C[C@H](Cn1cnc2c(N)ncnc21)OCP(=O)(O)OCCCCCCCCCCCCCCCCCC1CCCCC1. The zero-order valence-electron chi connectivity index (χ0n) is 26.3. The third kappa shape index (κ3) is 14.3. The highest BCUT2D eigenvalue weighted by Crippen LogP contribution is 2.42. The van der Waals surface area contributed by atoms with Crippen LogP contribution in [-0.4, -0.2) is 43.5 Å². The molecule has 0 spiro atoms. The molecular formula is C32H58N5O4P. The Morgan fingerprint density at radius 2 is 1.45 bits per heavy atom. The molecule has 0 radical (unpaired) electrons. The van der Waals surface area contributed by atoms with E-state index in [1.807, 2.05) is 6.92 Å². The first kappa shape index (κ1) is 34.9. The van der Waals surface area contributed by atoms with Crippen LogP contribution in [0, 0.1) is 5.92 Å². The van der Waals surface area contributed by atoms with E-state index < -0.39 is 7.60 Å². The smallest absolute Gasteiger partial charge is 0.353 e. The fraction of sp³-hybridized carbons (Fsp3) is 0.844. The van der Waals surface area contributed by atoms with Crippen molar-refractivity contribution >= 4 is 24.6 Å². The molecule has 0 bridgehead atoms. The second-order valence-corrected chi connectivity index (χ2v) is 14.3. The van der Waals surface area contributed by atoms with E-state index in [2.05, 4.69) is 15.0 Å². The van der Waals surface area contributed by atoms with Crippen LogP contribution < -0.4 is 5.73 Å². The molecule has 2 atom stereocenters. The Balaban J connectivity index is 1.06. The van der Waals surface area contributed by atoms with E-state index in [0.29, 0.717) is 23.5 Å². The fourth-order valence-electron chi connectivity index (χ4n) is 6.14. The van der Waals surface area contributed by atoms with Gasteiger partial charge in [0.15, 0.2) is 11.5 Å².